The second-order valence-electron chi connectivity index (χ2n) is 1.96. The Morgan fingerprint density at radius 3 is 2.46 bits per heavy atom. The largest absolute Gasteiger partial charge is 0.397 e. The van der Waals surface area contributed by atoms with Gasteiger partial charge in [0.25, 0.3) is 5.91 Å². The maximum Gasteiger partial charge on any atom is 0.250 e. The molecule has 0 unspecified atom stereocenters. The molecule has 5 heteroatoms. The highest BCUT2D eigenvalue weighted by Gasteiger charge is 2.05. The van der Waals surface area contributed by atoms with Gasteiger partial charge in [0.05, 0.1) is 17.4 Å². The number of pyridine rings is 1. The van der Waals surface area contributed by atoms with E-state index in [1.54, 1.807) is 0 Å². The lowest BCUT2D eigenvalue weighted by Crippen LogP contribution is -2.13. The first kappa shape index (κ1) is 11.7. The van der Waals surface area contributed by atoms with Crippen LogP contribution in [-0.4, -0.2) is 10.9 Å². The van der Waals surface area contributed by atoms with E-state index in [1.165, 1.54) is 12.3 Å². The first-order chi connectivity index (χ1) is 6.11. The van der Waals surface area contributed by atoms with Crippen molar-refractivity contribution in [2.75, 3.05) is 5.73 Å². The number of nitrogens with zero attached hydrogens (tertiary/aromatic N) is 1. The van der Waals surface area contributed by atoms with Crippen LogP contribution in [0.3, 0.4) is 0 Å². The number of aromatic nitrogens is 1. The number of hydrogen-bond donors (Lipinski definition) is 2. The van der Waals surface area contributed by atoms with Crippen molar-refractivity contribution in [1.82, 2.24) is 4.98 Å². The summed E-state index contributed by atoms with van der Waals surface area (Å²) in [6.45, 7) is 4.00. The van der Waals surface area contributed by atoms with Gasteiger partial charge in [0.15, 0.2) is 0 Å². The number of anilines is 1. The summed E-state index contributed by atoms with van der Waals surface area (Å²) >= 11 is 5.49. The monoisotopic (exact) mass is 201 g/mol. The molecule has 4 N–H and O–H groups in total. The fourth-order valence-electron chi connectivity index (χ4n) is 0.654. The maximum atomic E-state index is 10.6. The summed E-state index contributed by atoms with van der Waals surface area (Å²) in [5.74, 6) is -0.605. The fourth-order valence-corrected chi connectivity index (χ4v) is 0.812. The van der Waals surface area contributed by atoms with E-state index in [-0.39, 0.29) is 16.4 Å². The second-order valence-corrected chi connectivity index (χ2v) is 2.35. The Bertz CT molecular complexity index is 301. The van der Waals surface area contributed by atoms with Gasteiger partial charge >= 0.3 is 0 Å². The minimum atomic E-state index is -0.605. The van der Waals surface area contributed by atoms with Crippen LogP contribution in [0.2, 0.25) is 5.15 Å². The molecule has 4 nitrogen and oxygen atoms in total. The highest BCUT2D eigenvalue weighted by molar-refractivity contribution is 6.29. The van der Waals surface area contributed by atoms with Gasteiger partial charge in [-0.1, -0.05) is 25.4 Å². The predicted molar refractivity (Wildman–Crippen MR) is 53.5 cm³/mol. The smallest absolute Gasteiger partial charge is 0.250 e. The summed E-state index contributed by atoms with van der Waals surface area (Å²) < 4.78 is 0. The Kier molecular flexibility index (Phi) is 4.84. The maximum absolute atomic E-state index is 10.6. The highest BCUT2D eigenvalue weighted by atomic mass is 35.5. The van der Waals surface area contributed by atoms with Crippen LogP contribution < -0.4 is 11.5 Å². The Balaban J connectivity index is 0.000000671. The average molecular weight is 202 g/mol. The fraction of sp³-hybridized carbons (Fsp3) is 0.250. The van der Waals surface area contributed by atoms with Crippen LogP contribution in [-0.2, 0) is 0 Å². The Morgan fingerprint density at radius 2 is 2.08 bits per heavy atom. The average Bonchev–Trinajstić information content (AvgIpc) is 2.12. The number of carbonyl (C=O) groups is 1. The van der Waals surface area contributed by atoms with E-state index in [4.69, 9.17) is 23.1 Å². The molecular weight excluding hydrogens is 190 g/mol. The van der Waals surface area contributed by atoms with Crippen LogP contribution in [0.15, 0.2) is 12.3 Å². The van der Waals surface area contributed by atoms with Crippen molar-refractivity contribution in [2.24, 2.45) is 5.73 Å². The predicted octanol–water partition coefficient (Wildman–Crippen LogP) is 1.44. The molecule has 1 aromatic heterocycles. The minimum Gasteiger partial charge on any atom is -0.397 e. The normalized spacial score (nSPS) is 8.54. The zero-order chi connectivity index (χ0) is 10.4. The zero-order valence-corrected chi connectivity index (χ0v) is 8.30. The van der Waals surface area contributed by atoms with Crippen molar-refractivity contribution in [3.63, 3.8) is 0 Å². The number of nitrogens with two attached hydrogens (primary N) is 2. The molecule has 0 aliphatic heterocycles. The third-order valence-corrected chi connectivity index (χ3v) is 1.37. The third-order valence-electron chi connectivity index (χ3n) is 1.17. The van der Waals surface area contributed by atoms with Gasteiger partial charge in [-0.15, -0.1) is 0 Å². The Morgan fingerprint density at radius 1 is 1.54 bits per heavy atom. The van der Waals surface area contributed by atoms with Gasteiger partial charge in [-0.25, -0.2) is 4.98 Å². The lowest BCUT2D eigenvalue weighted by molar-refractivity contribution is 0.100. The van der Waals surface area contributed by atoms with Gasteiger partial charge in [-0.3, -0.25) is 4.79 Å². The summed E-state index contributed by atoms with van der Waals surface area (Å²) in [6.07, 6.45) is 1.29. The number of carbonyl (C=O) groups excluding carboxylic acids is 1. The summed E-state index contributed by atoms with van der Waals surface area (Å²) in [5, 5.41) is 0.202. The molecule has 0 spiro atoms. The van der Waals surface area contributed by atoms with Crippen LogP contribution in [0.5, 0.6) is 0 Å². The number of amides is 1. The molecule has 1 heterocycles. The number of primary amides is 1. The van der Waals surface area contributed by atoms with Gasteiger partial charge in [-0.05, 0) is 6.07 Å². The second kappa shape index (κ2) is 5.37. The van der Waals surface area contributed by atoms with Crippen molar-refractivity contribution in [2.45, 2.75) is 13.8 Å². The molecule has 72 valence electrons. The van der Waals surface area contributed by atoms with E-state index in [0.717, 1.165) is 0 Å². The van der Waals surface area contributed by atoms with Crippen LogP contribution in [0.25, 0.3) is 0 Å². The summed E-state index contributed by atoms with van der Waals surface area (Å²) in [4.78, 5) is 14.3. The summed E-state index contributed by atoms with van der Waals surface area (Å²) in [5.41, 5.74) is 10.8. The van der Waals surface area contributed by atoms with Crippen molar-refractivity contribution in [3.8, 4) is 0 Å². The molecule has 0 aromatic carbocycles. The van der Waals surface area contributed by atoms with Gasteiger partial charge in [0.1, 0.15) is 5.15 Å². The van der Waals surface area contributed by atoms with Crippen LogP contribution >= 0.6 is 11.6 Å². The zero-order valence-electron chi connectivity index (χ0n) is 7.54. The van der Waals surface area contributed by atoms with Gasteiger partial charge < -0.3 is 11.5 Å². The molecule has 0 atom stereocenters. The molecule has 0 aliphatic rings. The molecular formula is C8H12ClN3O. The van der Waals surface area contributed by atoms with Crippen molar-refractivity contribution in [1.29, 1.82) is 0 Å². The quantitative estimate of drug-likeness (QED) is 0.675. The first-order valence-corrected chi connectivity index (χ1v) is 4.20. The van der Waals surface area contributed by atoms with E-state index in [9.17, 15) is 4.79 Å². The van der Waals surface area contributed by atoms with E-state index < -0.39 is 5.91 Å². The summed E-state index contributed by atoms with van der Waals surface area (Å²) in [7, 11) is 0. The number of rotatable bonds is 1. The molecule has 0 aliphatic carbocycles. The van der Waals surface area contributed by atoms with E-state index >= 15 is 0 Å². The van der Waals surface area contributed by atoms with Gasteiger partial charge in [-0.2, -0.15) is 0 Å². The first-order valence-electron chi connectivity index (χ1n) is 3.82. The molecule has 1 rings (SSSR count). The van der Waals surface area contributed by atoms with Gasteiger partial charge in [0, 0.05) is 0 Å². The van der Waals surface area contributed by atoms with Crippen LogP contribution in [0.4, 0.5) is 5.69 Å². The minimum absolute atomic E-state index is 0.199. The van der Waals surface area contributed by atoms with Crippen LogP contribution in [0.1, 0.15) is 24.2 Å². The molecule has 0 radical (unpaired) electrons. The molecule has 1 aromatic rings. The topological polar surface area (TPSA) is 82.0 Å². The Hall–Kier alpha value is -1.29. The van der Waals surface area contributed by atoms with Crippen molar-refractivity contribution >= 4 is 23.2 Å². The summed E-state index contributed by atoms with van der Waals surface area (Å²) in [6, 6.07) is 1.33. The van der Waals surface area contributed by atoms with E-state index in [0.29, 0.717) is 0 Å². The van der Waals surface area contributed by atoms with Crippen LogP contribution in [0, 0.1) is 0 Å². The molecule has 0 fully saturated rings. The molecule has 0 bridgehead atoms. The van der Waals surface area contributed by atoms with Crippen molar-refractivity contribution in [3.05, 3.63) is 23.0 Å². The SMILES string of the molecule is CC.NC(=O)c1cc(Cl)ncc1N. The third kappa shape index (κ3) is 3.29. The standard InChI is InChI=1S/C6H6ClN3O.C2H6/c7-5-1-3(6(9)11)4(8)2-10-5;1-2/h1-2H,8H2,(H2,9,11);1-2H3. The number of nitrogen functional groups attached to an aromatic ring is 1. The molecule has 0 saturated heterocycles. The lowest BCUT2D eigenvalue weighted by Gasteiger charge is -1.99. The lowest BCUT2D eigenvalue weighted by atomic mass is 10.2. The van der Waals surface area contributed by atoms with E-state index in [1.807, 2.05) is 13.8 Å². The van der Waals surface area contributed by atoms with E-state index in [2.05, 4.69) is 4.98 Å². The number of hydrogen-bond acceptors (Lipinski definition) is 3. The number of halogens is 1. The highest BCUT2D eigenvalue weighted by Crippen LogP contribution is 2.13. The Labute approximate surface area is 81.9 Å². The molecule has 1 amide bonds. The molecule has 13 heavy (non-hydrogen) atoms. The van der Waals surface area contributed by atoms with Crippen molar-refractivity contribution < 1.29 is 4.79 Å². The van der Waals surface area contributed by atoms with Gasteiger partial charge in [0.2, 0.25) is 0 Å². The molecule has 0 saturated carbocycles.